The van der Waals surface area contributed by atoms with Crippen LogP contribution >= 0.6 is 0 Å². The van der Waals surface area contributed by atoms with Gasteiger partial charge in [0.1, 0.15) is 11.4 Å². The number of carboxylic acid groups (broad SMARTS) is 1. The molecule has 0 unspecified atom stereocenters. The Hall–Kier alpha value is -2.89. The first kappa shape index (κ1) is 15.0. The summed E-state index contributed by atoms with van der Waals surface area (Å²) < 4.78 is 5.68. The number of carbonyl (C=O) groups is 2. The Kier molecular flexibility index (Phi) is 4.23. The number of aromatic nitrogens is 1. The monoisotopic (exact) mass is 312 g/mol. The number of aromatic carboxylic acids is 1. The van der Waals surface area contributed by atoms with E-state index in [0.29, 0.717) is 12.2 Å². The van der Waals surface area contributed by atoms with E-state index < -0.39 is 5.97 Å². The molecule has 1 amide bonds. The van der Waals surface area contributed by atoms with E-state index >= 15 is 0 Å². The van der Waals surface area contributed by atoms with Crippen molar-refractivity contribution < 1.29 is 19.4 Å². The fourth-order valence-corrected chi connectivity index (χ4v) is 2.57. The number of rotatable bonds is 3. The second kappa shape index (κ2) is 6.48. The van der Waals surface area contributed by atoms with Crippen LogP contribution in [0.4, 0.5) is 0 Å². The summed E-state index contributed by atoms with van der Waals surface area (Å²) in [6.45, 7) is 0.623. The number of carbonyl (C=O) groups excluding carboxylic acids is 1. The number of amides is 1. The predicted molar refractivity (Wildman–Crippen MR) is 82.6 cm³/mol. The van der Waals surface area contributed by atoms with Gasteiger partial charge in [-0.15, -0.1) is 0 Å². The third-order valence-electron chi connectivity index (χ3n) is 3.74. The molecular weight excluding hydrogens is 296 g/mol. The largest absolute Gasteiger partial charge is 0.493 e. The Morgan fingerprint density at radius 1 is 1.22 bits per heavy atom. The van der Waals surface area contributed by atoms with Crippen LogP contribution in [-0.4, -0.2) is 28.6 Å². The Bertz CT molecular complexity index is 728. The first-order chi connectivity index (χ1) is 11.1. The van der Waals surface area contributed by atoms with Crippen LogP contribution in [0, 0.1) is 0 Å². The molecule has 6 heteroatoms. The molecule has 3 rings (SSSR count). The number of ether oxygens (including phenoxy) is 1. The first-order valence-corrected chi connectivity index (χ1v) is 7.37. The average molecular weight is 312 g/mol. The zero-order valence-corrected chi connectivity index (χ0v) is 12.4. The van der Waals surface area contributed by atoms with Gasteiger partial charge in [-0.1, -0.05) is 18.2 Å². The van der Waals surface area contributed by atoms with Crippen LogP contribution in [0.3, 0.4) is 0 Å². The third kappa shape index (κ3) is 3.31. The first-order valence-electron chi connectivity index (χ1n) is 7.37. The maximum atomic E-state index is 12.4. The Labute approximate surface area is 133 Å². The molecule has 0 fully saturated rings. The third-order valence-corrected chi connectivity index (χ3v) is 3.74. The number of carboxylic acids is 1. The van der Waals surface area contributed by atoms with Gasteiger partial charge < -0.3 is 15.2 Å². The Morgan fingerprint density at radius 2 is 2.04 bits per heavy atom. The van der Waals surface area contributed by atoms with Crippen molar-refractivity contribution in [2.45, 2.75) is 18.9 Å². The van der Waals surface area contributed by atoms with E-state index in [4.69, 9.17) is 9.84 Å². The minimum atomic E-state index is -1.12. The number of para-hydroxylation sites is 1. The lowest BCUT2D eigenvalue weighted by Crippen LogP contribution is -2.28. The van der Waals surface area contributed by atoms with Crippen molar-refractivity contribution in [3.63, 3.8) is 0 Å². The summed E-state index contributed by atoms with van der Waals surface area (Å²) >= 11 is 0. The van der Waals surface area contributed by atoms with Crippen LogP contribution < -0.4 is 10.1 Å². The van der Waals surface area contributed by atoms with Crippen molar-refractivity contribution in [1.82, 2.24) is 10.3 Å². The van der Waals surface area contributed by atoms with Crippen LogP contribution in [0.1, 0.15) is 45.3 Å². The fourth-order valence-electron chi connectivity index (χ4n) is 2.57. The van der Waals surface area contributed by atoms with Crippen LogP contribution in [0.25, 0.3) is 0 Å². The molecule has 0 spiro atoms. The lowest BCUT2D eigenvalue weighted by molar-refractivity contribution is 0.0689. The minimum Gasteiger partial charge on any atom is -0.493 e. The van der Waals surface area contributed by atoms with E-state index in [1.807, 2.05) is 24.3 Å². The van der Waals surface area contributed by atoms with E-state index in [0.717, 1.165) is 24.2 Å². The normalized spacial score (nSPS) is 16.6. The Morgan fingerprint density at radius 3 is 2.78 bits per heavy atom. The molecule has 1 aromatic carbocycles. The van der Waals surface area contributed by atoms with Crippen molar-refractivity contribution in [3.05, 3.63) is 59.4 Å². The van der Waals surface area contributed by atoms with Crippen molar-refractivity contribution >= 4 is 11.9 Å². The molecule has 1 aliphatic heterocycles. The van der Waals surface area contributed by atoms with Gasteiger partial charge in [-0.2, -0.15) is 0 Å². The molecule has 0 bridgehead atoms. The van der Waals surface area contributed by atoms with Crippen molar-refractivity contribution in [1.29, 1.82) is 0 Å². The molecule has 6 nitrogen and oxygen atoms in total. The van der Waals surface area contributed by atoms with E-state index in [2.05, 4.69) is 10.3 Å². The van der Waals surface area contributed by atoms with Gasteiger partial charge in [0, 0.05) is 11.8 Å². The van der Waals surface area contributed by atoms with E-state index in [1.165, 1.54) is 18.3 Å². The SMILES string of the molecule is O=C(N[C@H]1CCCOc2ccccc21)c1ccc(C(=O)O)nc1. The number of fused-ring (bicyclic) bond motifs is 1. The van der Waals surface area contributed by atoms with Gasteiger partial charge in [-0.25, -0.2) is 9.78 Å². The van der Waals surface area contributed by atoms with Crippen LogP contribution in [-0.2, 0) is 0 Å². The summed E-state index contributed by atoms with van der Waals surface area (Å²) in [4.78, 5) is 26.9. The zero-order valence-electron chi connectivity index (χ0n) is 12.4. The molecule has 0 saturated heterocycles. The van der Waals surface area contributed by atoms with E-state index in [-0.39, 0.29) is 17.6 Å². The number of nitrogens with one attached hydrogen (secondary N) is 1. The van der Waals surface area contributed by atoms with Crippen LogP contribution in [0.5, 0.6) is 5.75 Å². The van der Waals surface area contributed by atoms with Crippen LogP contribution in [0.15, 0.2) is 42.6 Å². The highest BCUT2D eigenvalue weighted by Crippen LogP contribution is 2.31. The maximum absolute atomic E-state index is 12.4. The molecule has 2 heterocycles. The standard InChI is InChI=1S/C17H16N2O4/c20-16(11-7-8-14(17(21)22)18-10-11)19-13-5-3-9-23-15-6-2-1-4-12(13)15/h1-2,4,6-8,10,13H,3,5,9H2,(H,19,20)(H,21,22)/t13-/m0/s1. The Balaban J connectivity index is 1.78. The second-order valence-electron chi connectivity index (χ2n) is 5.29. The lowest BCUT2D eigenvalue weighted by Gasteiger charge is -2.18. The van der Waals surface area contributed by atoms with Crippen molar-refractivity contribution in [2.24, 2.45) is 0 Å². The van der Waals surface area contributed by atoms with E-state index in [9.17, 15) is 9.59 Å². The molecule has 23 heavy (non-hydrogen) atoms. The molecule has 1 aliphatic rings. The highest BCUT2D eigenvalue weighted by atomic mass is 16.5. The van der Waals surface area contributed by atoms with Crippen molar-refractivity contribution in [2.75, 3.05) is 6.61 Å². The highest BCUT2D eigenvalue weighted by Gasteiger charge is 2.21. The number of nitrogens with zero attached hydrogens (tertiary/aromatic N) is 1. The molecule has 0 aliphatic carbocycles. The molecule has 118 valence electrons. The number of hydrogen-bond donors (Lipinski definition) is 2. The number of hydrogen-bond acceptors (Lipinski definition) is 4. The highest BCUT2D eigenvalue weighted by molar-refractivity contribution is 5.95. The van der Waals surface area contributed by atoms with Gasteiger partial charge in [0.15, 0.2) is 0 Å². The van der Waals surface area contributed by atoms with Gasteiger partial charge in [-0.3, -0.25) is 4.79 Å². The van der Waals surface area contributed by atoms with Crippen molar-refractivity contribution in [3.8, 4) is 5.75 Å². The topological polar surface area (TPSA) is 88.5 Å². The number of benzene rings is 1. The lowest BCUT2D eigenvalue weighted by atomic mass is 10.0. The maximum Gasteiger partial charge on any atom is 0.354 e. The summed E-state index contributed by atoms with van der Waals surface area (Å²) in [7, 11) is 0. The molecule has 2 aromatic rings. The second-order valence-corrected chi connectivity index (χ2v) is 5.29. The summed E-state index contributed by atoms with van der Waals surface area (Å²) in [6.07, 6.45) is 2.90. The molecule has 2 N–H and O–H groups in total. The molecular formula is C17H16N2O4. The van der Waals surface area contributed by atoms with Gasteiger partial charge in [0.2, 0.25) is 0 Å². The average Bonchev–Trinajstić information content (AvgIpc) is 2.77. The molecule has 0 saturated carbocycles. The molecule has 1 aromatic heterocycles. The quantitative estimate of drug-likeness (QED) is 0.908. The van der Waals surface area contributed by atoms with Gasteiger partial charge in [0.25, 0.3) is 5.91 Å². The molecule has 0 radical (unpaired) electrons. The van der Waals surface area contributed by atoms with Crippen LogP contribution in [0.2, 0.25) is 0 Å². The zero-order chi connectivity index (χ0) is 16.2. The summed E-state index contributed by atoms with van der Waals surface area (Å²) in [5.74, 6) is -0.613. The smallest absolute Gasteiger partial charge is 0.354 e. The predicted octanol–water partition coefficient (Wildman–Crippen LogP) is 2.42. The molecule has 1 atom stereocenters. The van der Waals surface area contributed by atoms with Gasteiger partial charge in [-0.05, 0) is 31.0 Å². The summed E-state index contributed by atoms with van der Waals surface area (Å²) in [5.41, 5.74) is 1.20. The van der Waals surface area contributed by atoms with Gasteiger partial charge >= 0.3 is 5.97 Å². The summed E-state index contributed by atoms with van der Waals surface area (Å²) in [5, 5.41) is 11.8. The summed E-state index contributed by atoms with van der Waals surface area (Å²) in [6, 6.07) is 10.3. The van der Waals surface area contributed by atoms with Gasteiger partial charge in [0.05, 0.1) is 18.2 Å². The minimum absolute atomic E-state index is 0.0882. The van der Waals surface area contributed by atoms with E-state index in [1.54, 1.807) is 0 Å². The fraction of sp³-hybridized carbons (Fsp3) is 0.235. The number of pyridine rings is 1.